The lowest BCUT2D eigenvalue weighted by Crippen LogP contribution is -2.36. The van der Waals surface area contributed by atoms with Gasteiger partial charge in [-0.25, -0.2) is 17.9 Å². The zero-order valence-electron chi connectivity index (χ0n) is 9.80. The number of amides is 2. The predicted octanol–water partition coefficient (Wildman–Crippen LogP) is -0.00990. The average molecular weight is 269 g/mol. The van der Waals surface area contributed by atoms with Crippen molar-refractivity contribution in [3.63, 3.8) is 0 Å². The lowest BCUT2D eigenvalue weighted by Gasteiger charge is -2.14. The summed E-state index contributed by atoms with van der Waals surface area (Å²) in [5.41, 5.74) is 0. The highest BCUT2D eigenvalue weighted by Gasteiger charge is 2.20. The number of nitrogens with one attached hydrogen (secondary N) is 2. The van der Waals surface area contributed by atoms with Gasteiger partial charge in [0.05, 0.1) is 4.90 Å². The van der Waals surface area contributed by atoms with Gasteiger partial charge >= 0.3 is 6.03 Å². The van der Waals surface area contributed by atoms with E-state index in [1.165, 1.54) is 12.1 Å². The largest absolute Gasteiger partial charge is 0.336 e. The van der Waals surface area contributed by atoms with E-state index in [1.807, 2.05) is 0 Å². The molecule has 1 aliphatic rings. The minimum Gasteiger partial charge on any atom is -0.336 e. The zero-order chi connectivity index (χ0) is 13.0. The van der Waals surface area contributed by atoms with Crippen LogP contribution in [0, 0.1) is 0 Å². The lowest BCUT2D eigenvalue weighted by atomic mass is 10.4. The van der Waals surface area contributed by atoms with Gasteiger partial charge in [-0.3, -0.25) is 0 Å². The molecule has 0 radical (unpaired) electrons. The summed E-state index contributed by atoms with van der Waals surface area (Å²) in [6.45, 7) is 1.82. The number of rotatable bonds is 5. The van der Waals surface area contributed by atoms with Crippen LogP contribution in [0.1, 0.15) is 0 Å². The molecule has 1 aliphatic heterocycles. The molecule has 6 nitrogen and oxygen atoms in total. The molecule has 0 atom stereocenters. The first kappa shape index (κ1) is 12.8. The average Bonchev–Trinajstić information content (AvgIpc) is 2.76. The van der Waals surface area contributed by atoms with Gasteiger partial charge in [0.15, 0.2) is 0 Å². The Bertz CT molecular complexity index is 516. The highest BCUT2D eigenvalue weighted by Crippen LogP contribution is 2.06. The second-order valence-corrected chi connectivity index (χ2v) is 5.70. The maximum absolute atomic E-state index is 11.9. The molecular weight excluding hydrogens is 254 g/mol. The molecule has 2 rings (SSSR count). The standard InChI is InChI=1S/C11H15N3O3S/c15-11-12-6-8-14(11)9-7-13-18(16,17)10-4-2-1-3-5-10/h1-5,13H,6-9H2,(H,12,15). The molecule has 0 bridgehead atoms. The van der Waals surface area contributed by atoms with Crippen LogP contribution in [-0.4, -0.2) is 45.5 Å². The fourth-order valence-corrected chi connectivity index (χ4v) is 2.76. The maximum Gasteiger partial charge on any atom is 0.317 e. The number of carbonyl (C=O) groups is 1. The Morgan fingerprint density at radius 2 is 2.00 bits per heavy atom. The van der Waals surface area contributed by atoms with Crippen molar-refractivity contribution in [2.75, 3.05) is 26.2 Å². The smallest absolute Gasteiger partial charge is 0.317 e. The van der Waals surface area contributed by atoms with E-state index in [4.69, 9.17) is 0 Å². The predicted molar refractivity (Wildman–Crippen MR) is 66.6 cm³/mol. The van der Waals surface area contributed by atoms with E-state index < -0.39 is 10.0 Å². The van der Waals surface area contributed by atoms with Gasteiger partial charge in [0.25, 0.3) is 0 Å². The van der Waals surface area contributed by atoms with Crippen LogP contribution in [0.5, 0.6) is 0 Å². The highest BCUT2D eigenvalue weighted by molar-refractivity contribution is 7.89. The molecule has 0 saturated carbocycles. The number of urea groups is 1. The van der Waals surface area contributed by atoms with E-state index >= 15 is 0 Å². The van der Waals surface area contributed by atoms with Crippen molar-refractivity contribution in [1.82, 2.24) is 14.9 Å². The van der Waals surface area contributed by atoms with Gasteiger partial charge in [0.1, 0.15) is 0 Å². The van der Waals surface area contributed by atoms with Crippen molar-refractivity contribution in [2.45, 2.75) is 4.90 Å². The maximum atomic E-state index is 11.9. The fraction of sp³-hybridized carbons (Fsp3) is 0.364. The Morgan fingerprint density at radius 3 is 2.61 bits per heavy atom. The summed E-state index contributed by atoms with van der Waals surface area (Å²) in [5.74, 6) is 0. The molecule has 0 unspecified atom stereocenters. The van der Waals surface area contributed by atoms with Gasteiger partial charge in [-0.1, -0.05) is 18.2 Å². The molecule has 0 aliphatic carbocycles. The third-order valence-electron chi connectivity index (χ3n) is 2.67. The van der Waals surface area contributed by atoms with Gasteiger partial charge in [-0.15, -0.1) is 0 Å². The molecule has 18 heavy (non-hydrogen) atoms. The first-order valence-corrected chi connectivity index (χ1v) is 7.15. The van der Waals surface area contributed by atoms with Gasteiger partial charge in [0, 0.05) is 26.2 Å². The van der Waals surface area contributed by atoms with Crippen molar-refractivity contribution < 1.29 is 13.2 Å². The highest BCUT2D eigenvalue weighted by atomic mass is 32.2. The quantitative estimate of drug-likeness (QED) is 0.789. The van der Waals surface area contributed by atoms with Gasteiger partial charge in [-0.2, -0.15) is 0 Å². The Balaban J connectivity index is 1.88. The van der Waals surface area contributed by atoms with Gasteiger partial charge in [0.2, 0.25) is 10.0 Å². The van der Waals surface area contributed by atoms with E-state index in [0.717, 1.165) is 0 Å². The van der Waals surface area contributed by atoms with E-state index in [-0.39, 0.29) is 17.5 Å². The molecule has 2 N–H and O–H groups in total. The van der Waals surface area contributed by atoms with Crippen LogP contribution in [0.15, 0.2) is 35.2 Å². The van der Waals surface area contributed by atoms with Crippen LogP contribution in [0.2, 0.25) is 0 Å². The zero-order valence-corrected chi connectivity index (χ0v) is 10.6. The minimum atomic E-state index is -3.48. The summed E-state index contributed by atoms with van der Waals surface area (Å²) in [6.07, 6.45) is 0. The number of benzene rings is 1. The molecular formula is C11H15N3O3S. The van der Waals surface area contributed by atoms with Gasteiger partial charge < -0.3 is 10.2 Å². The Labute approximate surface area is 106 Å². The normalized spacial score (nSPS) is 15.8. The van der Waals surface area contributed by atoms with Crippen molar-refractivity contribution in [3.8, 4) is 0 Å². The van der Waals surface area contributed by atoms with Gasteiger partial charge in [-0.05, 0) is 12.1 Å². The Morgan fingerprint density at radius 1 is 1.28 bits per heavy atom. The number of nitrogens with zero attached hydrogens (tertiary/aromatic N) is 1. The van der Waals surface area contributed by atoms with E-state index in [2.05, 4.69) is 10.0 Å². The van der Waals surface area contributed by atoms with Crippen molar-refractivity contribution >= 4 is 16.1 Å². The van der Waals surface area contributed by atoms with Crippen LogP contribution < -0.4 is 10.0 Å². The summed E-state index contributed by atoms with van der Waals surface area (Å²) in [6, 6.07) is 8.02. The van der Waals surface area contributed by atoms with Crippen LogP contribution in [0.3, 0.4) is 0 Å². The number of sulfonamides is 1. The third-order valence-corrected chi connectivity index (χ3v) is 4.15. The molecule has 1 fully saturated rings. The molecule has 1 aromatic rings. The molecule has 0 spiro atoms. The fourth-order valence-electron chi connectivity index (χ4n) is 1.72. The molecule has 7 heteroatoms. The lowest BCUT2D eigenvalue weighted by molar-refractivity contribution is 0.218. The topological polar surface area (TPSA) is 78.5 Å². The van der Waals surface area contributed by atoms with E-state index in [0.29, 0.717) is 19.6 Å². The van der Waals surface area contributed by atoms with E-state index in [1.54, 1.807) is 23.1 Å². The summed E-state index contributed by atoms with van der Waals surface area (Å²) in [5, 5.41) is 2.66. The number of hydrogen-bond acceptors (Lipinski definition) is 3. The molecule has 98 valence electrons. The van der Waals surface area contributed by atoms with Crippen LogP contribution in [-0.2, 0) is 10.0 Å². The second-order valence-electron chi connectivity index (χ2n) is 3.93. The van der Waals surface area contributed by atoms with Crippen molar-refractivity contribution in [3.05, 3.63) is 30.3 Å². The van der Waals surface area contributed by atoms with Crippen molar-refractivity contribution in [1.29, 1.82) is 0 Å². The summed E-state index contributed by atoms with van der Waals surface area (Å²) in [4.78, 5) is 13.0. The summed E-state index contributed by atoms with van der Waals surface area (Å²) in [7, 11) is -3.48. The van der Waals surface area contributed by atoms with Crippen LogP contribution >= 0.6 is 0 Å². The Kier molecular flexibility index (Phi) is 3.83. The molecule has 2 amide bonds. The monoisotopic (exact) mass is 269 g/mol. The van der Waals surface area contributed by atoms with Crippen LogP contribution in [0.25, 0.3) is 0 Å². The molecule has 1 saturated heterocycles. The Hall–Kier alpha value is -1.60. The summed E-state index contributed by atoms with van der Waals surface area (Å²) >= 11 is 0. The molecule has 1 aromatic carbocycles. The third kappa shape index (κ3) is 2.99. The van der Waals surface area contributed by atoms with Crippen LogP contribution in [0.4, 0.5) is 4.79 Å². The van der Waals surface area contributed by atoms with E-state index in [9.17, 15) is 13.2 Å². The first-order valence-electron chi connectivity index (χ1n) is 5.67. The van der Waals surface area contributed by atoms with Crippen molar-refractivity contribution in [2.24, 2.45) is 0 Å². The summed E-state index contributed by atoms with van der Waals surface area (Å²) < 4.78 is 26.2. The molecule has 0 aromatic heterocycles. The molecule has 1 heterocycles. The number of carbonyl (C=O) groups excluding carboxylic acids is 1. The first-order chi connectivity index (χ1) is 8.59. The second kappa shape index (κ2) is 5.36. The SMILES string of the molecule is O=C1NCCN1CCNS(=O)(=O)c1ccccc1. The number of hydrogen-bond donors (Lipinski definition) is 2. The minimum absolute atomic E-state index is 0.145.